The maximum absolute atomic E-state index is 5.21. The van der Waals surface area contributed by atoms with Crippen molar-refractivity contribution in [2.45, 2.75) is 19.8 Å². The Labute approximate surface area is 113 Å². The van der Waals surface area contributed by atoms with Gasteiger partial charge in [0.2, 0.25) is 0 Å². The van der Waals surface area contributed by atoms with Crippen molar-refractivity contribution >= 4 is 5.65 Å². The molecule has 0 N–H and O–H groups in total. The lowest BCUT2D eigenvalue weighted by Crippen LogP contribution is -2.20. The van der Waals surface area contributed by atoms with E-state index >= 15 is 0 Å². The molecule has 0 amide bonds. The molecule has 1 aliphatic heterocycles. The van der Waals surface area contributed by atoms with E-state index in [0.29, 0.717) is 5.92 Å². The van der Waals surface area contributed by atoms with Crippen LogP contribution in [0.15, 0.2) is 18.3 Å². The molecule has 1 fully saturated rings. The number of nitrogens with zero attached hydrogens (tertiary/aromatic N) is 4. The Morgan fingerprint density at radius 1 is 1.47 bits per heavy atom. The fourth-order valence-corrected chi connectivity index (χ4v) is 2.75. The summed E-state index contributed by atoms with van der Waals surface area (Å²) in [4.78, 5) is 7.08. The summed E-state index contributed by atoms with van der Waals surface area (Å²) in [5.74, 6) is 2.46. The van der Waals surface area contributed by atoms with E-state index in [9.17, 15) is 0 Å². The van der Waals surface area contributed by atoms with Crippen molar-refractivity contribution < 1.29 is 4.74 Å². The fraction of sp³-hybridized carbons (Fsp3) is 0.571. The van der Waals surface area contributed by atoms with Crippen LogP contribution in [-0.4, -0.2) is 46.2 Å². The van der Waals surface area contributed by atoms with Crippen LogP contribution in [0.5, 0.6) is 5.75 Å². The highest BCUT2D eigenvalue weighted by molar-refractivity contribution is 5.43. The molecule has 0 saturated carbocycles. The molecule has 0 bridgehead atoms. The molecule has 102 valence electrons. The molecule has 0 spiro atoms. The van der Waals surface area contributed by atoms with Gasteiger partial charge in [0.15, 0.2) is 11.5 Å². The molecule has 3 heterocycles. The summed E-state index contributed by atoms with van der Waals surface area (Å²) >= 11 is 0. The number of ether oxygens (including phenoxy) is 1. The number of methoxy groups -OCH3 is 1. The zero-order chi connectivity index (χ0) is 13.2. The van der Waals surface area contributed by atoms with Gasteiger partial charge in [-0.25, -0.2) is 9.50 Å². The normalized spacial score (nSPS) is 20.2. The number of likely N-dealkylation sites (tertiary alicyclic amines) is 1. The van der Waals surface area contributed by atoms with Gasteiger partial charge in [-0.05, 0) is 31.5 Å². The van der Waals surface area contributed by atoms with Crippen molar-refractivity contribution in [1.29, 1.82) is 0 Å². The van der Waals surface area contributed by atoms with Crippen molar-refractivity contribution in [2.75, 3.05) is 26.7 Å². The number of aromatic nitrogens is 3. The second-order valence-corrected chi connectivity index (χ2v) is 5.15. The highest BCUT2D eigenvalue weighted by Crippen LogP contribution is 2.20. The quantitative estimate of drug-likeness (QED) is 0.838. The molecule has 0 radical (unpaired) electrons. The lowest BCUT2D eigenvalue weighted by atomic mass is 10.1. The van der Waals surface area contributed by atoms with Gasteiger partial charge >= 0.3 is 0 Å². The van der Waals surface area contributed by atoms with Crippen molar-refractivity contribution in [3.8, 4) is 5.75 Å². The number of hydrogen-bond donors (Lipinski definition) is 0. The Kier molecular flexibility index (Phi) is 3.38. The zero-order valence-electron chi connectivity index (χ0n) is 11.5. The SMILES string of the molecule is CCN1CCC(Cc2nc3cc(OC)ccn3n2)C1. The van der Waals surface area contributed by atoms with Crippen LogP contribution in [0.25, 0.3) is 5.65 Å². The van der Waals surface area contributed by atoms with E-state index in [1.807, 2.05) is 22.8 Å². The Hall–Kier alpha value is -1.62. The van der Waals surface area contributed by atoms with Gasteiger partial charge in [-0.15, -0.1) is 0 Å². The van der Waals surface area contributed by atoms with Gasteiger partial charge in [0.05, 0.1) is 7.11 Å². The van der Waals surface area contributed by atoms with Crippen molar-refractivity contribution in [3.63, 3.8) is 0 Å². The minimum Gasteiger partial charge on any atom is -0.497 e. The molecular weight excluding hydrogens is 240 g/mol. The molecule has 1 unspecified atom stereocenters. The average molecular weight is 260 g/mol. The molecule has 2 aromatic heterocycles. The van der Waals surface area contributed by atoms with Gasteiger partial charge in [0.25, 0.3) is 0 Å². The summed E-state index contributed by atoms with van der Waals surface area (Å²) in [6.45, 7) is 5.75. The Bertz CT molecular complexity index is 566. The highest BCUT2D eigenvalue weighted by atomic mass is 16.5. The minimum atomic E-state index is 0.694. The van der Waals surface area contributed by atoms with Crippen LogP contribution < -0.4 is 4.74 Å². The van der Waals surface area contributed by atoms with Gasteiger partial charge < -0.3 is 9.64 Å². The standard InChI is InChI=1S/C14H20N4O/c1-3-17-6-4-11(10-17)8-13-15-14-9-12(19-2)5-7-18(14)16-13/h5,7,9,11H,3-4,6,8,10H2,1-2H3. The van der Waals surface area contributed by atoms with E-state index in [1.54, 1.807) is 7.11 Å². The number of rotatable bonds is 4. The molecule has 0 aliphatic carbocycles. The lowest BCUT2D eigenvalue weighted by molar-refractivity contribution is 0.341. The molecule has 19 heavy (non-hydrogen) atoms. The lowest BCUT2D eigenvalue weighted by Gasteiger charge is -2.11. The molecule has 0 aromatic carbocycles. The summed E-state index contributed by atoms with van der Waals surface area (Å²) in [5.41, 5.74) is 0.861. The summed E-state index contributed by atoms with van der Waals surface area (Å²) in [7, 11) is 1.67. The first-order chi connectivity index (χ1) is 9.28. The number of pyridine rings is 1. The number of hydrogen-bond acceptors (Lipinski definition) is 4. The van der Waals surface area contributed by atoms with Crippen LogP contribution >= 0.6 is 0 Å². The first-order valence-electron chi connectivity index (χ1n) is 6.90. The first kappa shape index (κ1) is 12.4. The third-order valence-corrected chi connectivity index (χ3v) is 3.88. The van der Waals surface area contributed by atoms with E-state index in [0.717, 1.165) is 30.2 Å². The van der Waals surface area contributed by atoms with Gasteiger partial charge in [-0.1, -0.05) is 6.92 Å². The molecule has 3 rings (SSSR count). The van der Waals surface area contributed by atoms with E-state index < -0.39 is 0 Å². The van der Waals surface area contributed by atoms with Crippen LogP contribution in [0.2, 0.25) is 0 Å². The summed E-state index contributed by atoms with van der Waals surface area (Å²) in [5, 5.41) is 4.53. The van der Waals surface area contributed by atoms with E-state index in [1.165, 1.54) is 19.5 Å². The smallest absolute Gasteiger partial charge is 0.159 e. The molecular formula is C14H20N4O. The molecule has 1 saturated heterocycles. The van der Waals surface area contributed by atoms with Gasteiger partial charge in [0.1, 0.15) is 5.75 Å². The molecule has 1 aliphatic rings. The molecule has 5 heteroatoms. The second kappa shape index (κ2) is 5.17. The van der Waals surface area contributed by atoms with Crippen LogP contribution in [0.4, 0.5) is 0 Å². The maximum atomic E-state index is 5.21. The maximum Gasteiger partial charge on any atom is 0.159 e. The third-order valence-electron chi connectivity index (χ3n) is 3.88. The van der Waals surface area contributed by atoms with E-state index in [2.05, 4.69) is 21.9 Å². The van der Waals surface area contributed by atoms with Crippen molar-refractivity contribution in [3.05, 3.63) is 24.2 Å². The van der Waals surface area contributed by atoms with Gasteiger partial charge in [-0.3, -0.25) is 0 Å². The summed E-state index contributed by atoms with van der Waals surface area (Å²) in [6, 6.07) is 3.82. The third kappa shape index (κ3) is 2.56. The highest BCUT2D eigenvalue weighted by Gasteiger charge is 2.22. The monoisotopic (exact) mass is 260 g/mol. The van der Waals surface area contributed by atoms with Crippen molar-refractivity contribution in [1.82, 2.24) is 19.5 Å². The Morgan fingerprint density at radius 2 is 2.37 bits per heavy atom. The average Bonchev–Trinajstić information content (AvgIpc) is 3.03. The van der Waals surface area contributed by atoms with Crippen LogP contribution in [0.1, 0.15) is 19.2 Å². The zero-order valence-corrected chi connectivity index (χ0v) is 11.5. The van der Waals surface area contributed by atoms with Crippen molar-refractivity contribution in [2.24, 2.45) is 5.92 Å². The van der Waals surface area contributed by atoms with Crippen LogP contribution in [0, 0.1) is 5.92 Å². The largest absolute Gasteiger partial charge is 0.497 e. The molecule has 1 atom stereocenters. The predicted octanol–water partition coefficient (Wildman–Crippen LogP) is 1.62. The first-order valence-corrected chi connectivity index (χ1v) is 6.90. The van der Waals surface area contributed by atoms with E-state index in [-0.39, 0.29) is 0 Å². The molecule has 2 aromatic rings. The van der Waals surface area contributed by atoms with Crippen LogP contribution in [-0.2, 0) is 6.42 Å². The second-order valence-electron chi connectivity index (χ2n) is 5.15. The van der Waals surface area contributed by atoms with Crippen LogP contribution in [0.3, 0.4) is 0 Å². The fourth-order valence-electron chi connectivity index (χ4n) is 2.75. The summed E-state index contributed by atoms with van der Waals surface area (Å²) < 4.78 is 7.03. The Balaban J connectivity index is 1.75. The van der Waals surface area contributed by atoms with E-state index in [4.69, 9.17) is 4.74 Å². The van der Waals surface area contributed by atoms with Gasteiger partial charge in [0, 0.05) is 25.2 Å². The summed E-state index contributed by atoms with van der Waals surface area (Å²) in [6.07, 6.45) is 4.13. The van der Waals surface area contributed by atoms with Gasteiger partial charge in [-0.2, -0.15) is 5.10 Å². The minimum absolute atomic E-state index is 0.694. The Morgan fingerprint density at radius 3 is 3.11 bits per heavy atom. The number of fused-ring (bicyclic) bond motifs is 1. The molecule has 5 nitrogen and oxygen atoms in total. The topological polar surface area (TPSA) is 42.7 Å². The predicted molar refractivity (Wildman–Crippen MR) is 73.5 cm³/mol.